The van der Waals surface area contributed by atoms with E-state index in [2.05, 4.69) is 0 Å². The minimum atomic E-state index is -0.277. The average molecular weight is 219 g/mol. The Morgan fingerprint density at radius 3 is 2.06 bits per heavy atom. The van der Waals surface area contributed by atoms with Gasteiger partial charge in [-0.1, -0.05) is 12.1 Å². The Bertz CT molecular complexity index is 405. The average Bonchev–Trinajstić information content (AvgIpc) is 2.50. The molecule has 1 aromatic rings. The molecule has 16 heavy (non-hydrogen) atoms. The van der Waals surface area contributed by atoms with Crippen LogP contribution in [0, 0.1) is 0 Å². The quantitative estimate of drug-likeness (QED) is 0.726. The summed E-state index contributed by atoms with van der Waals surface area (Å²) >= 11 is 0. The molecule has 84 valence electrons. The summed E-state index contributed by atoms with van der Waals surface area (Å²) in [6, 6.07) is 6.81. The summed E-state index contributed by atoms with van der Waals surface area (Å²) in [6.07, 6.45) is -0.00990. The summed E-state index contributed by atoms with van der Waals surface area (Å²) in [4.78, 5) is 24.8. The predicted molar refractivity (Wildman–Crippen MR) is 58.0 cm³/mol. The third-order valence-electron chi connectivity index (χ3n) is 2.42. The monoisotopic (exact) mass is 219 g/mol. The van der Waals surface area contributed by atoms with Crippen LogP contribution < -0.4 is 0 Å². The molecule has 0 saturated heterocycles. The first kappa shape index (κ1) is 10.8. The van der Waals surface area contributed by atoms with Crippen molar-refractivity contribution in [3.05, 3.63) is 35.4 Å². The van der Waals surface area contributed by atoms with Gasteiger partial charge >= 0.3 is 0 Å². The van der Waals surface area contributed by atoms with Crippen molar-refractivity contribution in [1.29, 1.82) is 0 Å². The number of rotatable bonds is 3. The van der Waals surface area contributed by atoms with Crippen molar-refractivity contribution in [1.82, 2.24) is 4.90 Å². The van der Waals surface area contributed by atoms with Gasteiger partial charge in [0.2, 0.25) is 0 Å². The van der Waals surface area contributed by atoms with Gasteiger partial charge in [0.1, 0.15) is 6.73 Å². The maximum atomic E-state index is 11.8. The van der Waals surface area contributed by atoms with Crippen LogP contribution in [0.2, 0.25) is 0 Å². The molecule has 1 heterocycles. The number of imide groups is 1. The Kier molecular flexibility index (Phi) is 2.75. The number of hydrogen-bond acceptors (Lipinski definition) is 3. The van der Waals surface area contributed by atoms with Crippen LogP contribution >= 0.6 is 0 Å². The van der Waals surface area contributed by atoms with E-state index in [0.29, 0.717) is 11.1 Å². The van der Waals surface area contributed by atoms with Crippen molar-refractivity contribution in [2.45, 2.75) is 20.0 Å². The lowest BCUT2D eigenvalue weighted by Crippen LogP contribution is -2.33. The molecular weight excluding hydrogens is 206 g/mol. The largest absolute Gasteiger partial charge is 0.358 e. The molecule has 0 spiro atoms. The van der Waals surface area contributed by atoms with Gasteiger partial charge < -0.3 is 4.74 Å². The van der Waals surface area contributed by atoms with Crippen LogP contribution in [-0.4, -0.2) is 29.5 Å². The lowest BCUT2D eigenvalue weighted by molar-refractivity contribution is 0.00477. The summed E-state index contributed by atoms with van der Waals surface area (Å²) in [5.74, 6) is -0.553. The van der Waals surface area contributed by atoms with E-state index in [1.165, 1.54) is 0 Å². The van der Waals surface area contributed by atoms with Crippen molar-refractivity contribution < 1.29 is 14.3 Å². The van der Waals surface area contributed by atoms with Crippen LogP contribution in [0.1, 0.15) is 34.6 Å². The zero-order valence-electron chi connectivity index (χ0n) is 9.27. The normalized spacial score (nSPS) is 14.8. The van der Waals surface area contributed by atoms with E-state index in [9.17, 15) is 9.59 Å². The Morgan fingerprint density at radius 1 is 1.12 bits per heavy atom. The molecule has 0 atom stereocenters. The van der Waals surface area contributed by atoms with E-state index < -0.39 is 0 Å². The number of hydrogen-bond donors (Lipinski definition) is 0. The van der Waals surface area contributed by atoms with Gasteiger partial charge in [0.15, 0.2) is 0 Å². The van der Waals surface area contributed by atoms with E-state index in [-0.39, 0.29) is 24.6 Å². The first-order chi connectivity index (χ1) is 7.61. The highest BCUT2D eigenvalue weighted by atomic mass is 16.5. The molecule has 0 radical (unpaired) electrons. The molecule has 0 saturated carbocycles. The van der Waals surface area contributed by atoms with Crippen LogP contribution in [-0.2, 0) is 4.74 Å². The number of carbonyl (C=O) groups excluding carboxylic acids is 2. The molecule has 4 nitrogen and oxygen atoms in total. The highest BCUT2D eigenvalue weighted by molar-refractivity contribution is 6.21. The van der Waals surface area contributed by atoms with Crippen LogP contribution in [0.25, 0.3) is 0 Å². The Labute approximate surface area is 93.8 Å². The number of ether oxygens (including phenoxy) is 1. The van der Waals surface area contributed by atoms with Gasteiger partial charge in [-0.3, -0.25) is 9.59 Å². The van der Waals surface area contributed by atoms with Gasteiger partial charge in [-0.2, -0.15) is 0 Å². The maximum absolute atomic E-state index is 11.8. The molecule has 0 unspecified atom stereocenters. The summed E-state index contributed by atoms with van der Waals surface area (Å²) in [7, 11) is 0. The second-order valence-corrected chi connectivity index (χ2v) is 3.93. The minimum Gasteiger partial charge on any atom is -0.358 e. The van der Waals surface area contributed by atoms with Crippen LogP contribution in [0.5, 0.6) is 0 Å². The van der Waals surface area contributed by atoms with E-state index in [1.807, 2.05) is 13.8 Å². The molecule has 2 rings (SSSR count). The molecule has 4 heteroatoms. The third kappa shape index (κ3) is 1.72. The molecular formula is C12H13NO3. The standard InChI is InChI=1S/C12H13NO3/c1-8(2)16-7-13-11(14)9-5-3-4-6-10(9)12(13)15/h3-6,8H,7H2,1-2H3. The highest BCUT2D eigenvalue weighted by Gasteiger charge is 2.35. The first-order valence-corrected chi connectivity index (χ1v) is 5.18. The summed E-state index contributed by atoms with van der Waals surface area (Å²) < 4.78 is 5.28. The fourth-order valence-corrected chi connectivity index (χ4v) is 1.58. The van der Waals surface area contributed by atoms with Crippen molar-refractivity contribution in [3.63, 3.8) is 0 Å². The maximum Gasteiger partial charge on any atom is 0.263 e. The molecule has 1 aliphatic heterocycles. The van der Waals surface area contributed by atoms with Gasteiger partial charge in [0.05, 0.1) is 17.2 Å². The van der Waals surface area contributed by atoms with Crippen molar-refractivity contribution in [2.75, 3.05) is 6.73 Å². The van der Waals surface area contributed by atoms with Crippen LogP contribution in [0.3, 0.4) is 0 Å². The van der Waals surface area contributed by atoms with Crippen molar-refractivity contribution in [3.8, 4) is 0 Å². The van der Waals surface area contributed by atoms with Gasteiger partial charge in [0, 0.05) is 0 Å². The molecule has 1 aliphatic rings. The second-order valence-electron chi connectivity index (χ2n) is 3.93. The smallest absolute Gasteiger partial charge is 0.263 e. The fourth-order valence-electron chi connectivity index (χ4n) is 1.58. The summed E-state index contributed by atoms with van der Waals surface area (Å²) in [6.45, 7) is 3.74. The third-order valence-corrected chi connectivity index (χ3v) is 2.42. The number of amides is 2. The highest BCUT2D eigenvalue weighted by Crippen LogP contribution is 2.22. The van der Waals surface area contributed by atoms with E-state index >= 15 is 0 Å². The van der Waals surface area contributed by atoms with E-state index in [0.717, 1.165) is 4.90 Å². The predicted octanol–water partition coefficient (Wildman–Crippen LogP) is 1.67. The number of nitrogens with zero attached hydrogens (tertiary/aromatic N) is 1. The summed E-state index contributed by atoms with van der Waals surface area (Å²) in [5, 5.41) is 0. The van der Waals surface area contributed by atoms with E-state index in [1.54, 1.807) is 24.3 Å². The van der Waals surface area contributed by atoms with Crippen molar-refractivity contribution in [2.24, 2.45) is 0 Å². The lowest BCUT2D eigenvalue weighted by Gasteiger charge is -2.15. The molecule has 0 fully saturated rings. The number of benzene rings is 1. The van der Waals surface area contributed by atoms with E-state index in [4.69, 9.17) is 4.74 Å². The van der Waals surface area contributed by atoms with Gasteiger partial charge in [-0.05, 0) is 26.0 Å². The van der Waals surface area contributed by atoms with Crippen LogP contribution in [0.15, 0.2) is 24.3 Å². The molecule has 0 N–H and O–H groups in total. The minimum absolute atomic E-state index is 0.00990. The summed E-state index contributed by atoms with van der Waals surface area (Å²) in [5.41, 5.74) is 0.916. The molecule has 2 amide bonds. The topological polar surface area (TPSA) is 46.6 Å². The van der Waals surface area contributed by atoms with Crippen LogP contribution in [0.4, 0.5) is 0 Å². The Balaban J connectivity index is 2.22. The molecule has 0 bridgehead atoms. The zero-order chi connectivity index (χ0) is 11.7. The number of fused-ring (bicyclic) bond motifs is 1. The zero-order valence-corrected chi connectivity index (χ0v) is 9.27. The Morgan fingerprint density at radius 2 is 1.62 bits per heavy atom. The second kappa shape index (κ2) is 4.06. The Hall–Kier alpha value is -1.68. The lowest BCUT2D eigenvalue weighted by atomic mass is 10.1. The van der Waals surface area contributed by atoms with Gasteiger partial charge in [-0.25, -0.2) is 4.90 Å². The molecule has 1 aromatic carbocycles. The van der Waals surface area contributed by atoms with Gasteiger partial charge in [-0.15, -0.1) is 0 Å². The molecule has 0 aromatic heterocycles. The first-order valence-electron chi connectivity index (χ1n) is 5.18. The SMILES string of the molecule is CC(C)OCN1C(=O)c2ccccc2C1=O. The fraction of sp³-hybridized carbons (Fsp3) is 0.333. The van der Waals surface area contributed by atoms with Crippen molar-refractivity contribution >= 4 is 11.8 Å². The number of carbonyl (C=O) groups is 2. The molecule has 0 aliphatic carbocycles. The van der Waals surface area contributed by atoms with Gasteiger partial charge in [0.25, 0.3) is 11.8 Å².